The lowest BCUT2D eigenvalue weighted by molar-refractivity contribution is 0.300. The van der Waals surface area contributed by atoms with Crippen LogP contribution in [0.1, 0.15) is 32.6 Å². The molecule has 0 bridgehead atoms. The van der Waals surface area contributed by atoms with Gasteiger partial charge in [0.05, 0.1) is 18.1 Å². The summed E-state index contributed by atoms with van der Waals surface area (Å²) in [6, 6.07) is 8.30. The fraction of sp³-hybridized carbons (Fsp3) is 0.500. The molecular weight excluding hydrogens is 248 g/mol. The second-order valence-corrected chi connectivity index (χ2v) is 5.87. The van der Waals surface area contributed by atoms with E-state index in [1.807, 2.05) is 12.1 Å². The molecule has 1 aromatic carbocycles. The summed E-state index contributed by atoms with van der Waals surface area (Å²) in [5, 5.41) is 11.8. The average Bonchev–Trinajstić information content (AvgIpc) is 3.01. The molecule has 0 saturated heterocycles. The van der Waals surface area contributed by atoms with Gasteiger partial charge in [-0.05, 0) is 48.9 Å². The molecule has 1 aliphatic rings. The molecule has 1 aliphatic carbocycles. The number of benzene rings is 1. The molecule has 0 atom stereocenters. The van der Waals surface area contributed by atoms with E-state index < -0.39 is 0 Å². The standard InChI is InChI=1S/C16H22N4/c1-13-2-4-14(5-3-13)12-17-15-6-8-16(9-7-15)20-18-10-11-19-20/h6-11,13-14,17H,2-5,12H2,1H3. The molecule has 3 rings (SSSR count). The predicted molar refractivity (Wildman–Crippen MR) is 81.0 cm³/mol. The largest absolute Gasteiger partial charge is 0.385 e. The van der Waals surface area contributed by atoms with Crippen molar-refractivity contribution in [3.8, 4) is 5.69 Å². The first-order chi connectivity index (χ1) is 9.81. The molecular formula is C16H22N4. The molecule has 0 aliphatic heterocycles. The molecule has 1 saturated carbocycles. The number of aromatic nitrogens is 3. The van der Waals surface area contributed by atoms with Gasteiger partial charge in [0.2, 0.25) is 0 Å². The number of nitrogens with zero attached hydrogens (tertiary/aromatic N) is 3. The van der Waals surface area contributed by atoms with Crippen LogP contribution in [-0.2, 0) is 0 Å². The minimum Gasteiger partial charge on any atom is -0.385 e. The van der Waals surface area contributed by atoms with E-state index in [4.69, 9.17) is 0 Å². The lowest BCUT2D eigenvalue weighted by atomic mass is 9.83. The molecule has 20 heavy (non-hydrogen) atoms. The summed E-state index contributed by atoms with van der Waals surface area (Å²) >= 11 is 0. The van der Waals surface area contributed by atoms with Crippen molar-refractivity contribution in [3.63, 3.8) is 0 Å². The highest BCUT2D eigenvalue weighted by atomic mass is 15.5. The van der Waals surface area contributed by atoms with Crippen LogP contribution in [0.15, 0.2) is 36.7 Å². The third-order valence-corrected chi connectivity index (χ3v) is 4.25. The van der Waals surface area contributed by atoms with E-state index >= 15 is 0 Å². The van der Waals surface area contributed by atoms with Crippen LogP contribution in [0.4, 0.5) is 5.69 Å². The molecule has 0 amide bonds. The molecule has 0 unspecified atom stereocenters. The molecule has 1 heterocycles. The maximum absolute atomic E-state index is 4.13. The molecule has 0 spiro atoms. The zero-order chi connectivity index (χ0) is 13.8. The van der Waals surface area contributed by atoms with Gasteiger partial charge in [-0.2, -0.15) is 15.0 Å². The van der Waals surface area contributed by atoms with Crippen LogP contribution in [0.3, 0.4) is 0 Å². The first kappa shape index (κ1) is 13.2. The number of hydrogen-bond acceptors (Lipinski definition) is 3. The van der Waals surface area contributed by atoms with Gasteiger partial charge in [-0.1, -0.05) is 19.8 Å². The highest BCUT2D eigenvalue weighted by Gasteiger charge is 2.17. The zero-order valence-corrected chi connectivity index (χ0v) is 12.0. The highest BCUT2D eigenvalue weighted by molar-refractivity contribution is 5.48. The molecule has 0 radical (unpaired) electrons. The Morgan fingerprint density at radius 1 is 1.05 bits per heavy atom. The number of anilines is 1. The summed E-state index contributed by atoms with van der Waals surface area (Å²) < 4.78 is 0. The monoisotopic (exact) mass is 270 g/mol. The van der Waals surface area contributed by atoms with Gasteiger partial charge < -0.3 is 5.32 Å². The van der Waals surface area contributed by atoms with Gasteiger partial charge in [0, 0.05) is 12.2 Å². The summed E-state index contributed by atoms with van der Waals surface area (Å²) in [7, 11) is 0. The second kappa shape index (κ2) is 6.07. The van der Waals surface area contributed by atoms with Crippen LogP contribution in [0.5, 0.6) is 0 Å². The summed E-state index contributed by atoms with van der Waals surface area (Å²) in [6.07, 6.45) is 8.88. The van der Waals surface area contributed by atoms with Crippen molar-refractivity contribution in [2.75, 3.05) is 11.9 Å². The van der Waals surface area contributed by atoms with Crippen LogP contribution in [0, 0.1) is 11.8 Å². The third-order valence-electron chi connectivity index (χ3n) is 4.25. The van der Waals surface area contributed by atoms with Gasteiger partial charge in [0.1, 0.15) is 0 Å². The van der Waals surface area contributed by atoms with E-state index in [9.17, 15) is 0 Å². The first-order valence-corrected chi connectivity index (χ1v) is 7.52. The Labute approximate surface area is 120 Å². The molecule has 106 valence electrons. The molecule has 1 aromatic heterocycles. The van der Waals surface area contributed by atoms with E-state index in [1.54, 1.807) is 17.2 Å². The van der Waals surface area contributed by atoms with Crippen molar-refractivity contribution >= 4 is 5.69 Å². The lowest BCUT2D eigenvalue weighted by Gasteiger charge is -2.26. The minimum absolute atomic E-state index is 0.832. The minimum atomic E-state index is 0.832. The molecule has 2 aromatic rings. The van der Waals surface area contributed by atoms with Crippen molar-refractivity contribution < 1.29 is 0 Å². The van der Waals surface area contributed by atoms with Crippen LogP contribution in [0.25, 0.3) is 5.69 Å². The Hall–Kier alpha value is -1.84. The number of rotatable bonds is 4. The van der Waals surface area contributed by atoms with Gasteiger partial charge in [-0.15, -0.1) is 0 Å². The van der Waals surface area contributed by atoms with E-state index in [-0.39, 0.29) is 0 Å². The lowest BCUT2D eigenvalue weighted by Crippen LogP contribution is -2.20. The summed E-state index contributed by atoms with van der Waals surface area (Å²) in [5.41, 5.74) is 2.17. The maximum Gasteiger partial charge on any atom is 0.0858 e. The Morgan fingerprint density at radius 2 is 1.70 bits per heavy atom. The fourth-order valence-corrected chi connectivity index (χ4v) is 2.86. The van der Waals surface area contributed by atoms with Crippen LogP contribution in [-0.4, -0.2) is 21.5 Å². The number of hydrogen-bond donors (Lipinski definition) is 1. The molecule has 1 fully saturated rings. The van der Waals surface area contributed by atoms with E-state index in [0.29, 0.717) is 0 Å². The fourth-order valence-electron chi connectivity index (χ4n) is 2.86. The van der Waals surface area contributed by atoms with Crippen molar-refractivity contribution in [2.24, 2.45) is 11.8 Å². The van der Waals surface area contributed by atoms with Crippen molar-refractivity contribution in [1.82, 2.24) is 15.0 Å². The van der Waals surface area contributed by atoms with Crippen molar-refractivity contribution in [2.45, 2.75) is 32.6 Å². The topological polar surface area (TPSA) is 42.7 Å². The average molecular weight is 270 g/mol. The number of nitrogens with one attached hydrogen (secondary N) is 1. The first-order valence-electron chi connectivity index (χ1n) is 7.52. The SMILES string of the molecule is CC1CCC(CNc2ccc(-n3nccn3)cc2)CC1. The van der Waals surface area contributed by atoms with E-state index in [1.165, 1.54) is 31.4 Å². The normalized spacial score (nSPS) is 22.6. The van der Waals surface area contributed by atoms with Gasteiger partial charge >= 0.3 is 0 Å². The Balaban J connectivity index is 1.53. The predicted octanol–water partition coefficient (Wildman–Crippen LogP) is 3.51. The van der Waals surface area contributed by atoms with Gasteiger partial charge in [0.15, 0.2) is 0 Å². The van der Waals surface area contributed by atoms with E-state index in [2.05, 4.69) is 34.6 Å². The summed E-state index contributed by atoms with van der Waals surface area (Å²) in [6.45, 7) is 3.46. The van der Waals surface area contributed by atoms with Crippen molar-refractivity contribution in [1.29, 1.82) is 0 Å². The zero-order valence-electron chi connectivity index (χ0n) is 12.0. The third kappa shape index (κ3) is 3.18. The quantitative estimate of drug-likeness (QED) is 0.924. The van der Waals surface area contributed by atoms with Crippen LogP contribution >= 0.6 is 0 Å². The van der Waals surface area contributed by atoms with Gasteiger partial charge in [-0.3, -0.25) is 0 Å². The summed E-state index contributed by atoms with van der Waals surface area (Å²) in [5.74, 6) is 1.76. The maximum atomic E-state index is 4.13. The molecule has 4 heteroatoms. The Bertz CT molecular complexity index is 510. The van der Waals surface area contributed by atoms with Crippen LogP contribution in [0.2, 0.25) is 0 Å². The Morgan fingerprint density at radius 3 is 2.35 bits per heavy atom. The van der Waals surface area contributed by atoms with Crippen LogP contribution < -0.4 is 5.32 Å². The molecule has 4 nitrogen and oxygen atoms in total. The summed E-state index contributed by atoms with van der Waals surface area (Å²) in [4.78, 5) is 1.63. The Kier molecular flexibility index (Phi) is 4.00. The van der Waals surface area contributed by atoms with Crippen molar-refractivity contribution in [3.05, 3.63) is 36.7 Å². The second-order valence-electron chi connectivity index (χ2n) is 5.87. The molecule has 1 N–H and O–H groups in total. The smallest absolute Gasteiger partial charge is 0.0858 e. The van der Waals surface area contributed by atoms with Gasteiger partial charge in [0.25, 0.3) is 0 Å². The van der Waals surface area contributed by atoms with Gasteiger partial charge in [-0.25, -0.2) is 0 Å². The highest BCUT2D eigenvalue weighted by Crippen LogP contribution is 2.28. The van der Waals surface area contributed by atoms with E-state index in [0.717, 1.165) is 24.1 Å².